The van der Waals surface area contributed by atoms with Crippen LogP contribution in [0.4, 0.5) is 0 Å². The highest BCUT2D eigenvalue weighted by Crippen LogP contribution is 2.43. The largest absolute Gasteiger partial charge is 0.472 e. The fourth-order valence-electron chi connectivity index (χ4n) is 9.69. The monoisotopic (exact) mass is 1090 g/mol. The van der Waals surface area contributed by atoms with Gasteiger partial charge in [0.05, 0.1) is 13.2 Å². The van der Waals surface area contributed by atoms with Crippen molar-refractivity contribution in [3.8, 4) is 0 Å². The van der Waals surface area contributed by atoms with Crippen LogP contribution in [0.15, 0.2) is 48.6 Å². The fraction of sp³-hybridized carbons (Fsp3) is 0.848. The molecule has 0 spiro atoms. The second-order valence-electron chi connectivity index (χ2n) is 22.0. The molecule has 0 heterocycles. The van der Waals surface area contributed by atoms with Gasteiger partial charge in [-0.1, -0.05) is 313 Å². The van der Waals surface area contributed by atoms with Gasteiger partial charge in [-0.05, 0) is 51.4 Å². The minimum Gasteiger partial charge on any atom is -0.462 e. The van der Waals surface area contributed by atoms with E-state index in [4.69, 9.17) is 24.3 Å². The number of phosphoric ester groups is 1. The number of hydrogen-bond donors (Lipinski definition) is 2. The number of phosphoric acid groups is 1. The molecule has 2 atom stereocenters. The van der Waals surface area contributed by atoms with Crippen LogP contribution in [0.1, 0.15) is 328 Å². The molecule has 0 amide bonds. The number of esters is 2. The van der Waals surface area contributed by atoms with Crippen LogP contribution in [0.3, 0.4) is 0 Å². The third kappa shape index (κ3) is 61.2. The maximum Gasteiger partial charge on any atom is 0.472 e. The number of rotatable bonds is 62. The van der Waals surface area contributed by atoms with Gasteiger partial charge in [-0.25, -0.2) is 4.57 Å². The minimum absolute atomic E-state index is 0.0554. The predicted molar refractivity (Wildman–Crippen MR) is 326 cm³/mol. The molecule has 0 radical (unpaired) electrons. The predicted octanol–water partition coefficient (Wildman–Crippen LogP) is 20.9. The van der Waals surface area contributed by atoms with E-state index in [9.17, 15) is 19.0 Å². The molecule has 0 aliphatic heterocycles. The van der Waals surface area contributed by atoms with Crippen LogP contribution in [0, 0.1) is 0 Å². The first kappa shape index (κ1) is 74.0. The van der Waals surface area contributed by atoms with E-state index in [1.165, 1.54) is 238 Å². The van der Waals surface area contributed by atoms with Crippen molar-refractivity contribution in [2.75, 3.05) is 26.4 Å². The summed E-state index contributed by atoms with van der Waals surface area (Å²) < 4.78 is 33.1. The van der Waals surface area contributed by atoms with Crippen molar-refractivity contribution >= 4 is 19.8 Å². The Bertz CT molecular complexity index is 1380. The average molecular weight is 1090 g/mol. The number of carbonyl (C=O) groups excluding carboxylic acids is 2. The molecule has 3 N–H and O–H groups in total. The zero-order valence-corrected chi connectivity index (χ0v) is 50.9. The number of carbonyl (C=O) groups is 2. The lowest BCUT2D eigenvalue weighted by atomic mass is 10.0. The summed E-state index contributed by atoms with van der Waals surface area (Å²) in [5.74, 6) is -0.808. The summed E-state index contributed by atoms with van der Waals surface area (Å²) >= 11 is 0. The van der Waals surface area contributed by atoms with Gasteiger partial charge in [0, 0.05) is 19.4 Å². The van der Waals surface area contributed by atoms with Crippen molar-refractivity contribution in [2.24, 2.45) is 5.73 Å². The maximum atomic E-state index is 12.7. The summed E-state index contributed by atoms with van der Waals surface area (Å²) in [5, 5.41) is 0. The van der Waals surface area contributed by atoms with Crippen LogP contribution in [-0.2, 0) is 32.7 Å². The molecular weight excluding hydrogens is 966 g/mol. The third-order valence-electron chi connectivity index (χ3n) is 14.5. The van der Waals surface area contributed by atoms with Crippen molar-refractivity contribution in [1.82, 2.24) is 0 Å². The molecule has 0 aromatic heterocycles. The number of unbranched alkanes of at least 4 members (excludes halogenated alkanes) is 41. The van der Waals surface area contributed by atoms with E-state index in [-0.39, 0.29) is 38.6 Å². The fourth-order valence-corrected chi connectivity index (χ4v) is 10.5. The topological polar surface area (TPSA) is 134 Å². The van der Waals surface area contributed by atoms with Crippen molar-refractivity contribution in [3.63, 3.8) is 0 Å². The second-order valence-corrected chi connectivity index (χ2v) is 23.4. The molecule has 0 aromatic rings. The van der Waals surface area contributed by atoms with Gasteiger partial charge in [0.15, 0.2) is 6.10 Å². The molecule has 446 valence electrons. The Balaban J connectivity index is 3.86. The lowest BCUT2D eigenvalue weighted by Gasteiger charge is -2.19. The average Bonchev–Trinajstić information content (AvgIpc) is 3.41. The molecule has 0 aromatic carbocycles. The molecular formula is C66H124NO8P. The van der Waals surface area contributed by atoms with Gasteiger partial charge in [0.2, 0.25) is 0 Å². The second kappa shape index (κ2) is 62.2. The van der Waals surface area contributed by atoms with Gasteiger partial charge in [0.25, 0.3) is 0 Å². The highest BCUT2D eigenvalue weighted by atomic mass is 31.2. The SMILES string of the molecule is CC/C=C\C/C=C\C/C=C\C/C=C\CCCCCCCCCCCCCCCCCCCCC(=O)OC(COC(=O)CCCCCCCCCCCCCCCCCCCCCCCCCC)COP(=O)(O)OCCN. The Morgan fingerprint density at radius 3 is 1.08 bits per heavy atom. The van der Waals surface area contributed by atoms with Crippen LogP contribution in [0.2, 0.25) is 0 Å². The number of hydrogen-bond acceptors (Lipinski definition) is 8. The van der Waals surface area contributed by atoms with Crippen LogP contribution in [0.25, 0.3) is 0 Å². The Morgan fingerprint density at radius 2 is 0.724 bits per heavy atom. The number of allylic oxidation sites excluding steroid dienone is 8. The van der Waals surface area contributed by atoms with Crippen molar-refractivity contribution in [3.05, 3.63) is 48.6 Å². The first-order valence-electron chi connectivity index (χ1n) is 32.6. The maximum absolute atomic E-state index is 12.7. The molecule has 0 aliphatic rings. The lowest BCUT2D eigenvalue weighted by Crippen LogP contribution is -2.29. The van der Waals surface area contributed by atoms with Crippen molar-refractivity contribution < 1.29 is 37.6 Å². The van der Waals surface area contributed by atoms with Gasteiger partial charge in [-0.2, -0.15) is 0 Å². The van der Waals surface area contributed by atoms with Gasteiger partial charge >= 0.3 is 19.8 Å². The highest BCUT2D eigenvalue weighted by Gasteiger charge is 2.26. The standard InChI is InChI=1S/C66H124NO8P/c1-3-5-7-9-11-13-15-17-19-21-23-25-27-29-30-31-32-33-34-35-37-39-41-43-45-47-49-51-53-55-57-59-66(69)75-64(63-74-76(70,71)73-61-60-67)62-72-65(68)58-56-54-52-50-48-46-44-42-40-38-36-28-26-24-22-20-18-16-14-12-10-8-6-4-2/h5,7,11,13,17,19,23,25,64H,3-4,6,8-10,12,14-16,18,20-22,24,26-63,67H2,1-2H3,(H,70,71)/b7-5-,13-11-,19-17-,25-23-. The molecule has 0 saturated heterocycles. The molecule has 0 saturated carbocycles. The van der Waals surface area contributed by atoms with E-state index < -0.39 is 26.5 Å². The highest BCUT2D eigenvalue weighted by molar-refractivity contribution is 7.47. The van der Waals surface area contributed by atoms with Crippen LogP contribution in [-0.4, -0.2) is 49.3 Å². The van der Waals surface area contributed by atoms with Crippen molar-refractivity contribution in [1.29, 1.82) is 0 Å². The Labute approximate surface area is 470 Å². The van der Waals surface area contributed by atoms with Crippen LogP contribution < -0.4 is 5.73 Å². The molecule has 0 fully saturated rings. The molecule has 10 heteroatoms. The number of ether oxygens (including phenoxy) is 2. The van der Waals surface area contributed by atoms with Gasteiger partial charge in [-0.3, -0.25) is 18.6 Å². The summed E-state index contributed by atoms with van der Waals surface area (Å²) in [7, 11) is -4.39. The summed E-state index contributed by atoms with van der Waals surface area (Å²) in [6.07, 6.45) is 77.6. The summed E-state index contributed by atoms with van der Waals surface area (Å²) in [6.45, 7) is 3.70. The Morgan fingerprint density at radius 1 is 0.408 bits per heavy atom. The number of nitrogens with two attached hydrogens (primary N) is 1. The van der Waals surface area contributed by atoms with E-state index in [0.717, 1.165) is 57.8 Å². The molecule has 0 aliphatic carbocycles. The molecule has 0 rings (SSSR count). The first-order valence-corrected chi connectivity index (χ1v) is 34.1. The van der Waals surface area contributed by atoms with Gasteiger partial charge in [-0.15, -0.1) is 0 Å². The smallest absolute Gasteiger partial charge is 0.462 e. The Hall–Kier alpha value is -2.03. The summed E-state index contributed by atoms with van der Waals surface area (Å²) in [4.78, 5) is 35.3. The normalized spacial score (nSPS) is 13.3. The lowest BCUT2D eigenvalue weighted by molar-refractivity contribution is -0.161. The van der Waals surface area contributed by atoms with E-state index in [2.05, 4.69) is 62.5 Å². The summed E-state index contributed by atoms with van der Waals surface area (Å²) in [5.41, 5.74) is 5.40. The van der Waals surface area contributed by atoms with E-state index >= 15 is 0 Å². The summed E-state index contributed by atoms with van der Waals surface area (Å²) in [6, 6.07) is 0. The zero-order valence-electron chi connectivity index (χ0n) is 50.0. The minimum atomic E-state index is -4.39. The third-order valence-corrected chi connectivity index (χ3v) is 15.5. The quantitative estimate of drug-likeness (QED) is 0.0264. The van der Waals surface area contributed by atoms with Gasteiger partial charge < -0.3 is 20.1 Å². The zero-order chi connectivity index (χ0) is 55.2. The van der Waals surface area contributed by atoms with E-state index in [1.807, 2.05) is 0 Å². The van der Waals surface area contributed by atoms with Crippen molar-refractivity contribution in [2.45, 2.75) is 335 Å². The van der Waals surface area contributed by atoms with Crippen LogP contribution >= 0.6 is 7.82 Å². The molecule has 9 nitrogen and oxygen atoms in total. The van der Waals surface area contributed by atoms with Crippen LogP contribution in [0.5, 0.6) is 0 Å². The molecule has 2 unspecified atom stereocenters. The molecule has 0 bridgehead atoms. The van der Waals surface area contributed by atoms with E-state index in [0.29, 0.717) is 6.42 Å². The van der Waals surface area contributed by atoms with Gasteiger partial charge in [0.1, 0.15) is 6.61 Å². The van der Waals surface area contributed by atoms with E-state index in [1.54, 1.807) is 0 Å². The Kier molecular flexibility index (Phi) is 60.5. The first-order chi connectivity index (χ1) is 37.3. The molecule has 76 heavy (non-hydrogen) atoms.